The van der Waals surface area contributed by atoms with Crippen LogP contribution in [-0.2, 0) is 26.7 Å². The Kier molecular flexibility index (Phi) is 7.42. The van der Waals surface area contributed by atoms with Crippen LogP contribution in [0.1, 0.15) is 5.56 Å². The van der Waals surface area contributed by atoms with Crippen molar-refractivity contribution in [3.05, 3.63) is 29.8 Å². The molecule has 0 aromatic heterocycles. The number of nitrogens with one attached hydrogen (secondary N) is 1. The van der Waals surface area contributed by atoms with Crippen LogP contribution in [0, 0.1) is 0 Å². The SMILES string of the molecule is O=S(=O)(O)c1ccccc1CNS(=O)(=O)C(F)(F)C(F)(F)C(F)(F)C(F)(F)C(F)(F)C(F)(F)F. The Bertz CT molecular complexity index is 1130. The van der Waals surface area contributed by atoms with Crippen LogP contribution in [0.3, 0.4) is 0 Å². The third-order valence-corrected chi connectivity index (χ3v) is 6.36. The van der Waals surface area contributed by atoms with Gasteiger partial charge in [-0.25, -0.2) is 13.1 Å². The van der Waals surface area contributed by atoms with Gasteiger partial charge in [0.05, 0.1) is 4.90 Å². The summed E-state index contributed by atoms with van der Waals surface area (Å²) < 4.78 is 224. The van der Waals surface area contributed by atoms with E-state index in [-0.39, 0.29) is 0 Å². The highest BCUT2D eigenvalue weighted by Crippen LogP contribution is 2.60. The first-order chi connectivity index (χ1) is 14.7. The molecular weight excluding hydrogens is 561 g/mol. The fourth-order valence-corrected chi connectivity index (χ4v) is 3.80. The molecule has 6 nitrogen and oxygen atoms in total. The van der Waals surface area contributed by atoms with Crippen LogP contribution in [0.5, 0.6) is 0 Å². The number of sulfonamides is 1. The van der Waals surface area contributed by atoms with E-state index in [2.05, 4.69) is 0 Å². The molecule has 198 valence electrons. The Morgan fingerprint density at radius 1 is 0.676 bits per heavy atom. The maximum atomic E-state index is 13.8. The van der Waals surface area contributed by atoms with Crippen LogP contribution in [-0.4, -0.2) is 56.5 Å². The van der Waals surface area contributed by atoms with Gasteiger partial charge in [-0.2, -0.15) is 65.5 Å². The number of benzene rings is 1. The molecule has 0 bridgehead atoms. The molecule has 0 atom stereocenters. The number of hydrogen-bond acceptors (Lipinski definition) is 4. The van der Waals surface area contributed by atoms with Crippen molar-refractivity contribution in [1.29, 1.82) is 0 Å². The zero-order valence-electron chi connectivity index (χ0n) is 15.3. The average Bonchev–Trinajstić information content (AvgIpc) is 2.64. The van der Waals surface area contributed by atoms with Crippen LogP contribution in [0.2, 0.25) is 0 Å². The second kappa shape index (κ2) is 8.36. The van der Waals surface area contributed by atoms with E-state index in [0.29, 0.717) is 16.9 Å². The van der Waals surface area contributed by atoms with E-state index in [0.717, 1.165) is 12.1 Å². The molecule has 0 aliphatic carbocycles. The summed E-state index contributed by atoms with van der Waals surface area (Å²) in [6, 6.07) is 2.81. The molecule has 1 aromatic carbocycles. The maximum Gasteiger partial charge on any atom is 0.460 e. The van der Waals surface area contributed by atoms with Crippen LogP contribution < -0.4 is 4.72 Å². The van der Waals surface area contributed by atoms with Gasteiger partial charge in [0.1, 0.15) is 0 Å². The van der Waals surface area contributed by atoms with Gasteiger partial charge in [0.25, 0.3) is 20.1 Å². The number of rotatable bonds is 9. The van der Waals surface area contributed by atoms with Crippen molar-refractivity contribution >= 4 is 20.1 Å². The molecule has 0 spiro atoms. The van der Waals surface area contributed by atoms with Crippen LogP contribution >= 0.6 is 0 Å². The summed E-state index contributed by atoms with van der Waals surface area (Å²) in [4.78, 5) is -1.23. The van der Waals surface area contributed by atoms with E-state index in [4.69, 9.17) is 4.55 Å². The lowest BCUT2D eigenvalue weighted by Crippen LogP contribution is -2.71. The lowest BCUT2D eigenvalue weighted by molar-refractivity contribution is -0.433. The van der Waals surface area contributed by atoms with Crippen molar-refractivity contribution in [2.24, 2.45) is 0 Å². The molecule has 0 fully saturated rings. The van der Waals surface area contributed by atoms with Gasteiger partial charge in [0.15, 0.2) is 0 Å². The summed E-state index contributed by atoms with van der Waals surface area (Å²) >= 11 is 0. The summed E-state index contributed by atoms with van der Waals surface area (Å²) in [5.41, 5.74) is -0.992. The molecule has 21 heteroatoms. The Balaban J connectivity index is 3.49. The monoisotopic (exact) mass is 569 g/mol. The third-order valence-electron chi connectivity index (χ3n) is 3.95. The van der Waals surface area contributed by atoms with Gasteiger partial charge in [-0.3, -0.25) is 4.55 Å². The first-order valence-corrected chi connectivity index (χ1v) is 10.6. The highest BCUT2D eigenvalue weighted by Gasteiger charge is 2.92. The smallest absolute Gasteiger partial charge is 0.282 e. The summed E-state index contributed by atoms with van der Waals surface area (Å²) in [5.74, 6) is -32.8. The van der Waals surface area contributed by atoms with Crippen molar-refractivity contribution < 1.29 is 78.5 Å². The largest absolute Gasteiger partial charge is 0.460 e. The van der Waals surface area contributed by atoms with Gasteiger partial charge >= 0.3 is 35.1 Å². The second-order valence-corrected chi connectivity index (χ2v) is 9.42. The lowest BCUT2D eigenvalue weighted by atomic mass is 9.98. The summed E-state index contributed by atoms with van der Waals surface area (Å²) in [6.07, 6.45) is -7.66. The molecule has 0 aliphatic rings. The van der Waals surface area contributed by atoms with Gasteiger partial charge in [-0.1, -0.05) is 18.2 Å². The van der Waals surface area contributed by atoms with Crippen molar-refractivity contribution in [3.63, 3.8) is 0 Å². The first kappa shape index (κ1) is 30.2. The molecule has 1 rings (SSSR count). The van der Waals surface area contributed by atoms with Gasteiger partial charge in [0.2, 0.25) is 0 Å². The summed E-state index contributed by atoms with van der Waals surface area (Å²) in [5, 5.41) is -7.48. The standard InChI is InChI=1S/C13H8F13NO5S2/c14-8(15,10(18,19)12(22,23)24)9(16,17)11(20,21)13(25,26)34(31,32)27-5-6-3-1-2-4-7(6)33(28,29)30/h1-4,27H,5H2,(H,28,29,30). The maximum absolute atomic E-state index is 13.8. The first-order valence-electron chi connectivity index (χ1n) is 7.70. The highest BCUT2D eigenvalue weighted by atomic mass is 32.2. The Morgan fingerprint density at radius 3 is 1.50 bits per heavy atom. The van der Waals surface area contributed by atoms with E-state index in [1.165, 1.54) is 0 Å². The minimum absolute atomic E-state index is 0.405. The quantitative estimate of drug-likeness (QED) is 0.346. The average molecular weight is 569 g/mol. The molecule has 0 unspecified atom stereocenters. The Morgan fingerprint density at radius 2 is 1.09 bits per heavy atom. The van der Waals surface area contributed by atoms with E-state index >= 15 is 0 Å². The molecule has 0 amide bonds. The fourth-order valence-electron chi connectivity index (χ4n) is 2.09. The second-order valence-electron chi connectivity index (χ2n) is 6.22. The molecule has 2 N–H and O–H groups in total. The van der Waals surface area contributed by atoms with Crippen LogP contribution in [0.25, 0.3) is 0 Å². The van der Waals surface area contributed by atoms with Crippen molar-refractivity contribution in [1.82, 2.24) is 4.72 Å². The fraction of sp³-hybridized carbons (Fsp3) is 0.538. The minimum atomic E-state index is -8.33. The zero-order valence-corrected chi connectivity index (χ0v) is 17.0. The van der Waals surface area contributed by atoms with E-state index in [1.54, 1.807) is 0 Å². The summed E-state index contributed by atoms with van der Waals surface area (Å²) in [7, 11) is -12.6. The lowest BCUT2D eigenvalue weighted by Gasteiger charge is -2.39. The van der Waals surface area contributed by atoms with E-state index in [9.17, 15) is 73.9 Å². The van der Waals surface area contributed by atoms with Gasteiger partial charge in [0, 0.05) is 6.54 Å². The topological polar surface area (TPSA) is 101 Å². The van der Waals surface area contributed by atoms with Crippen molar-refractivity contribution in [3.8, 4) is 0 Å². The molecule has 34 heavy (non-hydrogen) atoms. The highest BCUT2D eigenvalue weighted by molar-refractivity contribution is 7.90. The summed E-state index contributed by atoms with van der Waals surface area (Å²) in [6.45, 7) is -1.81. The number of halogens is 13. The molecule has 0 saturated heterocycles. The Hall–Kier alpha value is -1.87. The van der Waals surface area contributed by atoms with E-state index in [1.807, 2.05) is 0 Å². The minimum Gasteiger partial charge on any atom is -0.282 e. The predicted octanol–water partition coefficient (Wildman–Crippen LogP) is 4.05. The van der Waals surface area contributed by atoms with Crippen LogP contribution in [0.4, 0.5) is 57.1 Å². The number of alkyl halides is 13. The third kappa shape index (κ3) is 4.53. The molecule has 0 aliphatic heterocycles. The predicted molar refractivity (Wildman–Crippen MR) is 82.8 cm³/mol. The number of hydrogen-bond donors (Lipinski definition) is 2. The Labute approximate surface area is 180 Å². The normalized spacial score (nSPS) is 15.5. The van der Waals surface area contributed by atoms with E-state index < -0.39 is 72.3 Å². The van der Waals surface area contributed by atoms with Crippen molar-refractivity contribution in [2.45, 2.75) is 46.6 Å². The molecule has 1 aromatic rings. The molecule has 0 heterocycles. The van der Waals surface area contributed by atoms with Crippen LogP contribution in [0.15, 0.2) is 29.2 Å². The molecule has 0 saturated carbocycles. The van der Waals surface area contributed by atoms with Gasteiger partial charge in [-0.15, -0.1) is 0 Å². The molecular formula is C13H8F13NO5S2. The molecule has 0 radical (unpaired) electrons. The van der Waals surface area contributed by atoms with Crippen molar-refractivity contribution in [2.75, 3.05) is 0 Å². The zero-order chi connectivity index (χ0) is 27.4. The van der Waals surface area contributed by atoms with Gasteiger partial charge < -0.3 is 0 Å². The van der Waals surface area contributed by atoms with Gasteiger partial charge in [-0.05, 0) is 11.6 Å².